The Morgan fingerprint density at radius 2 is 2.29 bits per heavy atom. The molecule has 1 aromatic heterocycles. The first-order valence-corrected chi connectivity index (χ1v) is 4.17. The van der Waals surface area contributed by atoms with Gasteiger partial charge in [0.25, 0.3) is 5.69 Å². The minimum atomic E-state index is -0.410. The van der Waals surface area contributed by atoms with E-state index in [0.717, 1.165) is 16.5 Å². The predicted molar refractivity (Wildman–Crippen MR) is 52.8 cm³/mol. The summed E-state index contributed by atoms with van der Waals surface area (Å²) >= 11 is 0. The molecule has 0 radical (unpaired) electrons. The van der Waals surface area contributed by atoms with Crippen LogP contribution in [0, 0.1) is 10.1 Å². The number of nitrogens with one attached hydrogen (secondary N) is 1. The van der Waals surface area contributed by atoms with Crippen molar-refractivity contribution in [3.05, 3.63) is 40.1 Å². The van der Waals surface area contributed by atoms with Crippen molar-refractivity contribution < 1.29 is 4.92 Å². The second-order valence-electron chi connectivity index (χ2n) is 3.01. The summed E-state index contributed by atoms with van der Waals surface area (Å²) in [6.07, 6.45) is 1.77. The van der Waals surface area contributed by atoms with Crippen molar-refractivity contribution in [1.82, 2.24) is 4.98 Å². The third-order valence-electron chi connectivity index (χ3n) is 2.18. The normalized spacial score (nSPS) is 10.6. The lowest BCUT2D eigenvalue weighted by molar-refractivity contribution is -0.384. The van der Waals surface area contributed by atoms with Crippen molar-refractivity contribution in [3.8, 4) is 0 Å². The van der Waals surface area contributed by atoms with Crippen molar-refractivity contribution >= 4 is 16.6 Å². The number of hydrogen-bond donors (Lipinski definition) is 2. The van der Waals surface area contributed by atoms with E-state index in [1.54, 1.807) is 12.3 Å². The van der Waals surface area contributed by atoms with Crippen LogP contribution < -0.4 is 5.73 Å². The number of nitro benzene ring substituents is 1. The van der Waals surface area contributed by atoms with Crippen LogP contribution in [0.1, 0.15) is 5.56 Å². The van der Waals surface area contributed by atoms with Gasteiger partial charge in [-0.25, -0.2) is 0 Å². The van der Waals surface area contributed by atoms with Gasteiger partial charge < -0.3 is 10.7 Å². The SMILES string of the molecule is NCc1c[nH]c2ccc([N+](=O)[O-])cc12. The Hall–Kier alpha value is -1.88. The van der Waals surface area contributed by atoms with Crippen molar-refractivity contribution in [2.75, 3.05) is 0 Å². The molecule has 2 aromatic rings. The number of nitrogens with zero attached hydrogens (tertiary/aromatic N) is 1. The minimum Gasteiger partial charge on any atom is -0.361 e. The van der Waals surface area contributed by atoms with E-state index in [1.165, 1.54) is 12.1 Å². The van der Waals surface area contributed by atoms with Gasteiger partial charge in [0.05, 0.1) is 4.92 Å². The number of non-ortho nitro benzene ring substituents is 1. The summed E-state index contributed by atoms with van der Waals surface area (Å²) in [6.45, 7) is 0.376. The molecule has 14 heavy (non-hydrogen) atoms. The molecule has 72 valence electrons. The summed E-state index contributed by atoms with van der Waals surface area (Å²) in [5, 5.41) is 11.4. The first kappa shape index (κ1) is 8.71. The van der Waals surface area contributed by atoms with Crippen LogP contribution in [0.5, 0.6) is 0 Å². The van der Waals surface area contributed by atoms with E-state index in [9.17, 15) is 10.1 Å². The zero-order valence-electron chi connectivity index (χ0n) is 7.36. The Labute approximate surface area is 79.7 Å². The smallest absolute Gasteiger partial charge is 0.270 e. The van der Waals surface area contributed by atoms with Crippen LogP contribution in [-0.2, 0) is 6.54 Å². The van der Waals surface area contributed by atoms with Crippen LogP contribution in [0.3, 0.4) is 0 Å². The molecule has 5 nitrogen and oxygen atoms in total. The molecule has 0 amide bonds. The van der Waals surface area contributed by atoms with Crippen molar-refractivity contribution in [1.29, 1.82) is 0 Å². The van der Waals surface area contributed by atoms with Gasteiger partial charge in [0.1, 0.15) is 0 Å². The van der Waals surface area contributed by atoms with Gasteiger partial charge in [-0.3, -0.25) is 10.1 Å². The average Bonchev–Trinajstić information content (AvgIpc) is 2.59. The van der Waals surface area contributed by atoms with Crippen molar-refractivity contribution in [2.24, 2.45) is 5.73 Å². The number of aromatic nitrogens is 1. The average molecular weight is 191 g/mol. The molecule has 0 aliphatic carbocycles. The maximum atomic E-state index is 10.5. The molecule has 1 heterocycles. The fraction of sp³-hybridized carbons (Fsp3) is 0.111. The Bertz CT molecular complexity index is 490. The van der Waals surface area contributed by atoms with E-state index in [1.807, 2.05) is 0 Å². The van der Waals surface area contributed by atoms with Crippen molar-refractivity contribution in [3.63, 3.8) is 0 Å². The minimum absolute atomic E-state index is 0.0896. The lowest BCUT2D eigenvalue weighted by Gasteiger charge is -1.94. The molecule has 0 saturated carbocycles. The van der Waals surface area contributed by atoms with Crippen LogP contribution in [0.4, 0.5) is 5.69 Å². The number of benzene rings is 1. The highest BCUT2D eigenvalue weighted by molar-refractivity contribution is 5.85. The molecule has 0 fully saturated rings. The number of hydrogen-bond acceptors (Lipinski definition) is 3. The van der Waals surface area contributed by atoms with Gasteiger partial charge in [-0.05, 0) is 11.6 Å². The Morgan fingerprint density at radius 1 is 1.50 bits per heavy atom. The number of H-pyrrole nitrogens is 1. The van der Waals surface area contributed by atoms with E-state index in [0.29, 0.717) is 6.54 Å². The van der Waals surface area contributed by atoms with Gasteiger partial charge in [0.15, 0.2) is 0 Å². The van der Waals surface area contributed by atoms with E-state index in [4.69, 9.17) is 5.73 Å². The van der Waals surface area contributed by atoms with Crippen LogP contribution in [0.15, 0.2) is 24.4 Å². The number of rotatable bonds is 2. The lowest BCUT2D eigenvalue weighted by Crippen LogP contribution is -1.94. The monoisotopic (exact) mass is 191 g/mol. The van der Waals surface area contributed by atoms with Crippen LogP contribution in [0.2, 0.25) is 0 Å². The van der Waals surface area contributed by atoms with Gasteiger partial charge in [-0.2, -0.15) is 0 Å². The van der Waals surface area contributed by atoms with Gasteiger partial charge in [-0.15, -0.1) is 0 Å². The molecule has 0 aliphatic heterocycles. The highest BCUT2D eigenvalue weighted by atomic mass is 16.6. The summed E-state index contributed by atoms with van der Waals surface area (Å²) in [4.78, 5) is 13.1. The molecular weight excluding hydrogens is 182 g/mol. The fourth-order valence-electron chi connectivity index (χ4n) is 1.45. The molecule has 2 rings (SSSR count). The molecule has 5 heteroatoms. The number of nitrogens with two attached hydrogens (primary N) is 1. The van der Waals surface area contributed by atoms with Crippen LogP contribution in [-0.4, -0.2) is 9.91 Å². The maximum Gasteiger partial charge on any atom is 0.270 e. The summed E-state index contributed by atoms with van der Waals surface area (Å²) in [5.41, 5.74) is 7.35. The van der Waals surface area contributed by atoms with Crippen LogP contribution >= 0.6 is 0 Å². The Kier molecular flexibility index (Phi) is 1.94. The van der Waals surface area contributed by atoms with Crippen molar-refractivity contribution in [2.45, 2.75) is 6.54 Å². The molecular formula is C9H9N3O2. The molecule has 0 unspecified atom stereocenters. The van der Waals surface area contributed by atoms with E-state index >= 15 is 0 Å². The van der Waals surface area contributed by atoms with E-state index < -0.39 is 4.92 Å². The number of aromatic amines is 1. The zero-order chi connectivity index (χ0) is 10.1. The van der Waals surface area contributed by atoms with Gasteiger partial charge >= 0.3 is 0 Å². The molecule has 0 spiro atoms. The van der Waals surface area contributed by atoms with Gasteiger partial charge in [-0.1, -0.05) is 0 Å². The third kappa shape index (κ3) is 1.23. The van der Waals surface area contributed by atoms with E-state index in [2.05, 4.69) is 4.98 Å². The molecule has 3 N–H and O–H groups in total. The number of nitro groups is 1. The van der Waals surface area contributed by atoms with E-state index in [-0.39, 0.29) is 5.69 Å². The quantitative estimate of drug-likeness (QED) is 0.557. The molecule has 0 atom stereocenters. The summed E-state index contributed by atoms with van der Waals surface area (Å²) in [7, 11) is 0. The molecule has 1 aromatic carbocycles. The first-order chi connectivity index (χ1) is 6.72. The summed E-state index contributed by atoms with van der Waals surface area (Å²) in [6, 6.07) is 4.69. The maximum absolute atomic E-state index is 10.5. The highest BCUT2D eigenvalue weighted by Crippen LogP contribution is 2.22. The summed E-state index contributed by atoms with van der Waals surface area (Å²) in [5.74, 6) is 0. The zero-order valence-corrected chi connectivity index (χ0v) is 7.36. The molecule has 0 saturated heterocycles. The molecule has 0 bridgehead atoms. The van der Waals surface area contributed by atoms with Gasteiger partial charge in [0, 0.05) is 35.8 Å². The topological polar surface area (TPSA) is 85.0 Å². The van der Waals surface area contributed by atoms with Crippen LogP contribution in [0.25, 0.3) is 10.9 Å². The third-order valence-corrected chi connectivity index (χ3v) is 2.18. The number of fused-ring (bicyclic) bond motifs is 1. The van der Waals surface area contributed by atoms with Gasteiger partial charge in [0.2, 0.25) is 0 Å². The standard InChI is InChI=1S/C9H9N3O2/c10-4-6-5-11-9-2-1-7(12(13)14)3-8(6)9/h1-3,5,11H,4,10H2. The predicted octanol–water partition coefficient (Wildman–Crippen LogP) is 1.53. The highest BCUT2D eigenvalue weighted by Gasteiger charge is 2.08. The lowest BCUT2D eigenvalue weighted by atomic mass is 10.1. The Balaban J connectivity index is 2.67. The fourth-order valence-corrected chi connectivity index (χ4v) is 1.45. The molecule has 0 aliphatic rings. The summed E-state index contributed by atoms with van der Waals surface area (Å²) < 4.78 is 0. The second-order valence-corrected chi connectivity index (χ2v) is 3.01. The first-order valence-electron chi connectivity index (χ1n) is 4.17. The Morgan fingerprint density at radius 3 is 2.93 bits per heavy atom. The largest absolute Gasteiger partial charge is 0.361 e. The second kappa shape index (κ2) is 3.12.